The van der Waals surface area contributed by atoms with Crippen molar-refractivity contribution < 1.29 is 4.79 Å². The number of hydrogen-bond acceptors (Lipinski definition) is 1. The Morgan fingerprint density at radius 2 is 1.81 bits per heavy atom. The average molecular weight is 216 g/mol. The van der Waals surface area contributed by atoms with Crippen LogP contribution in [0.15, 0.2) is 30.3 Å². The molecule has 0 N–H and O–H groups in total. The second-order valence-corrected chi connectivity index (χ2v) is 4.82. The molecule has 2 rings (SSSR count). The highest BCUT2D eigenvalue weighted by atomic mass is 16.1. The Bertz CT molecular complexity index is 311. The summed E-state index contributed by atoms with van der Waals surface area (Å²) in [5, 5.41) is 0. The minimum atomic E-state index is 0.457. The lowest BCUT2D eigenvalue weighted by Crippen LogP contribution is -2.16. The fourth-order valence-electron chi connectivity index (χ4n) is 2.94. The van der Waals surface area contributed by atoms with Gasteiger partial charge in [0.15, 0.2) is 0 Å². The maximum absolute atomic E-state index is 10.8. The molecule has 1 atom stereocenters. The molecule has 1 nitrogen and oxygen atoms in total. The normalized spacial score (nSPS) is 19.2. The number of carbonyl (C=O) groups excluding carboxylic acids is 1. The van der Waals surface area contributed by atoms with Gasteiger partial charge in [-0.3, -0.25) is 0 Å². The summed E-state index contributed by atoms with van der Waals surface area (Å²) in [5.74, 6) is 1.18. The summed E-state index contributed by atoms with van der Waals surface area (Å²) >= 11 is 0. The topological polar surface area (TPSA) is 17.1 Å². The van der Waals surface area contributed by atoms with E-state index in [1.807, 2.05) is 6.07 Å². The Morgan fingerprint density at radius 1 is 1.12 bits per heavy atom. The van der Waals surface area contributed by atoms with Gasteiger partial charge in [0.25, 0.3) is 0 Å². The highest BCUT2D eigenvalue weighted by Gasteiger charge is 2.24. The van der Waals surface area contributed by atoms with Gasteiger partial charge in [-0.2, -0.15) is 0 Å². The molecule has 1 aromatic carbocycles. The molecule has 0 aromatic heterocycles. The maximum Gasteiger partial charge on any atom is 0.120 e. The summed E-state index contributed by atoms with van der Waals surface area (Å²) in [5.41, 5.74) is 1.35. The Hall–Kier alpha value is -1.11. The number of rotatable bonds is 4. The first-order chi connectivity index (χ1) is 7.92. The average Bonchev–Trinajstić information content (AvgIpc) is 2.38. The maximum atomic E-state index is 10.8. The zero-order valence-electron chi connectivity index (χ0n) is 9.77. The van der Waals surface area contributed by atoms with Crippen LogP contribution in [0.1, 0.15) is 50.0 Å². The second kappa shape index (κ2) is 5.83. The van der Waals surface area contributed by atoms with Crippen molar-refractivity contribution >= 4 is 6.29 Å². The largest absolute Gasteiger partial charge is 0.303 e. The van der Waals surface area contributed by atoms with E-state index in [1.165, 1.54) is 37.7 Å². The predicted molar refractivity (Wildman–Crippen MR) is 66.4 cm³/mol. The van der Waals surface area contributed by atoms with E-state index in [0.29, 0.717) is 12.3 Å². The third-order valence-corrected chi connectivity index (χ3v) is 3.80. The van der Waals surface area contributed by atoms with Crippen molar-refractivity contribution in [3.8, 4) is 0 Å². The van der Waals surface area contributed by atoms with Crippen LogP contribution in [-0.4, -0.2) is 6.29 Å². The highest BCUT2D eigenvalue weighted by molar-refractivity contribution is 5.51. The van der Waals surface area contributed by atoms with Crippen LogP contribution in [0.5, 0.6) is 0 Å². The molecular weight excluding hydrogens is 196 g/mol. The Morgan fingerprint density at radius 3 is 2.44 bits per heavy atom. The lowest BCUT2D eigenvalue weighted by atomic mass is 9.75. The van der Waals surface area contributed by atoms with E-state index in [4.69, 9.17) is 0 Å². The van der Waals surface area contributed by atoms with Crippen molar-refractivity contribution in [2.75, 3.05) is 0 Å². The van der Waals surface area contributed by atoms with Crippen molar-refractivity contribution in [1.29, 1.82) is 0 Å². The van der Waals surface area contributed by atoms with Crippen molar-refractivity contribution in [2.24, 2.45) is 5.92 Å². The molecule has 1 aromatic rings. The lowest BCUT2D eigenvalue weighted by molar-refractivity contribution is -0.108. The summed E-state index contributed by atoms with van der Waals surface area (Å²) in [7, 11) is 0. The van der Waals surface area contributed by atoms with Gasteiger partial charge in [-0.25, -0.2) is 0 Å². The molecule has 1 saturated carbocycles. The zero-order chi connectivity index (χ0) is 11.2. The fourth-order valence-corrected chi connectivity index (χ4v) is 2.94. The Balaban J connectivity index is 2.12. The van der Waals surface area contributed by atoms with E-state index in [0.717, 1.165) is 12.2 Å². The van der Waals surface area contributed by atoms with Gasteiger partial charge in [0.2, 0.25) is 0 Å². The summed E-state index contributed by atoms with van der Waals surface area (Å²) in [6, 6.07) is 10.5. The van der Waals surface area contributed by atoms with Crippen molar-refractivity contribution in [1.82, 2.24) is 0 Å². The third-order valence-electron chi connectivity index (χ3n) is 3.80. The predicted octanol–water partition coefficient (Wildman–Crippen LogP) is 3.94. The molecule has 0 bridgehead atoms. The van der Waals surface area contributed by atoms with E-state index in [9.17, 15) is 4.79 Å². The molecule has 0 aliphatic heterocycles. The number of carbonyl (C=O) groups is 1. The van der Waals surface area contributed by atoms with Crippen molar-refractivity contribution in [3.63, 3.8) is 0 Å². The quantitative estimate of drug-likeness (QED) is 0.697. The smallest absolute Gasteiger partial charge is 0.120 e. The molecule has 0 unspecified atom stereocenters. The van der Waals surface area contributed by atoms with Gasteiger partial charge in [-0.1, -0.05) is 49.6 Å². The monoisotopic (exact) mass is 216 g/mol. The Labute approximate surface area is 97.9 Å². The minimum absolute atomic E-state index is 0.457. The summed E-state index contributed by atoms with van der Waals surface area (Å²) in [6.07, 6.45) is 8.43. The number of hydrogen-bond donors (Lipinski definition) is 0. The van der Waals surface area contributed by atoms with Crippen LogP contribution in [0.25, 0.3) is 0 Å². The first kappa shape index (κ1) is 11.4. The summed E-state index contributed by atoms with van der Waals surface area (Å²) in [6.45, 7) is 0. The summed E-state index contributed by atoms with van der Waals surface area (Å²) < 4.78 is 0. The van der Waals surface area contributed by atoms with Crippen LogP contribution < -0.4 is 0 Å². The number of benzene rings is 1. The van der Waals surface area contributed by atoms with Crippen molar-refractivity contribution in [3.05, 3.63) is 35.9 Å². The van der Waals surface area contributed by atoms with Gasteiger partial charge in [0.05, 0.1) is 0 Å². The van der Waals surface area contributed by atoms with Gasteiger partial charge >= 0.3 is 0 Å². The van der Waals surface area contributed by atoms with Crippen LogP contribution in [0.4, 0.5) is 0 Å². The molecule has 0 radical (unpaired) electrons. The molecule has 1 heteroatoms. The van der Waals surface area contributed by atoms with Gasteiger partial charge in [-0.15, -0.1) is 0 Å². The highest BCUT2D eigenvalue weighted by Crippen LogP contribution is 2.37. The van der Waals surface area contributed by atoms with Crippen LogP contribution in [-0.2, 0) is 4.79 Å². The molecule has 0 saturated heterocycles. The van der Waals surface area contributed by atoms with Gasteiger partial charge in [0.1, 0.15) is 6.29 Å². The molecule has 0 spiro atoms. The molecular formula is C15H20O. The number of aldehydes is 1. The summed E-state index contributed by atoms with van der Waals surface area (Å²) in [4.78, 5) is 10.8. The molecule has 86 valence electrons. The third kappa shape index (κ3) is 2.72. The van der Waals surface area contributed by atoms with Gasteiger partial charge in [0, 0.05) is 6.42 Å². The first-order valence-electron chi connectivity index (χ1n) is 6.40. The molecule has 0 heterocycles. The molecule has 1 aliphatic carbocycles. The van der Waals surface area contributed by atoms with Crippen LogP contribution >= 0.6 is 0 Å². The molecule has 1 aliphatic rings. The molecule has 0 amide bonds. The van der Waals surface area contributed by atoms with E-state index >= 15 is 0 Å². The zero-order valence-corrected chi connectivity index (χ0v) is 9.77. The van der Waals surface area contributed by atoms with E-state index in [2.05, 4.69) is 24.3 Å². The van der Waals surface area contributed by atoms with Crippen LogP contribution in [0.3, 0.4) is 0 Å². The van der Waals surface area contributed by atoms with Crippen LogP contribution in [0.2, 0.25) is 0 Å². The Kier molecular flexibility index (Phi) is 4.15. The van der Waals surface area contributed by atoms with E-state index in [1.54, 1.807) is 0 Å². The van der Waals surface area contributed by atoms with E-state index in [-0.39, 0.29) is 0 Å². The molecule has 1 fully saturated rings. The van der Waals surface area contributed by atoms with Crippen molar-refractivity contribution in [2.45, 2.75) is 44.4 Å². The van der Waals surface area contributed by atoms with Crippen LogP contribution in [0, 0.1) is 5.92 Å². The van der Waals surface area contributed by atoms with Gasteiger partial charge in [-0.05, 0) is 30.2 Å². The van der Waals surface area contributed by atoms with Gasteiger partial charge < -0.3 is 4.79 Å². The fraction of sp³-hybridized carbons (Fsp3) is 0.533. The standard InChI is InChI=1S/C15H20O/c16-12-11-15(13-7-3-1-4-8-13)14-9-5-2-6-10-14/h1,3-4,7-8,12,14-15H,2,5-6,9-11H2/t15-/m1/s1. The SMILES string of the molecule is O=CC[C@H](c1ccccc1)C1CCCCC1. The van der Waals surface area contributed by atoms with E-state index < -0.39 is 0 Å². The first-order valence-corrected chi connectivity index (χ1v) is 6.40. The molecule has 16 heavy (non-hydrogen) atoms. The minimum Gasteiger partial charge on any atom is -0.303 e. The second-order valence-electron chi connectivity index (χ2n) is 4.82. The lowest BCUT2D eigenvalue weighted by Gasteiger charge is -2.29.